The lowest BCUT2D eigenvalue weighted by molar-refractivity contribution is -0.0589. The Hall–Kier alpha value is -0.950. The average molecular weight is 311 g/mol. The molecule has 0 aliphatic carbocycles. The number of hydrogen-bond acceptors (Lipinski definition) is 4. The maximum atomic E-state index is 12.2. The van der Waals surface area contributed by atoms with Crippen molar-refractivity contribution in [1.82, 2.24) is 4.72 Å². The molecule has 1 aromatic rings. The molecule has 1 aromatic carbocycles. The number of rotatable bonds is 5. The molecule has 1 atom stereocenters. The summed E-state index contributed by atoms with van der Waals surface area (Å²) in [5, 5.41) is -0.426. The Bertz CT molecular complexity index is 612. The third kappa shape index (κ3) is 2.73. The zero-order chi connectivity index (χ0) is 14.9. The summed E-state index contributed by atoms with van der Waals surface area (Å²) in [7, 11) is -3.33. The third-order valence-electron chi connectivity index (χ3n) is 4.43. The first-order valence-electron chi connectivity index (χ1n) is 7.36. The predicted octanol–water partition coefficient (Wildman–Crippen LogP) is 1.18. The lowest BCUT2D eigenvalue weighted by Crippen LogP contribution is -2.51. The van der Waals surface area contributed by atoms with Crippen LogP contribution in [0.1, 0.15) is 24.5 Å². The van der Waals surface area contributed by atoms with E-state index in [-0.39, 0.29) is 19.8 Å². The molecule has 2 aliphatic rings. The van der Waals surface area contributed by atoms with E-state index in [1.165, 1.54) is 5.56 Å². The van der Waals surface area contributed by atoms with Gasteiger partial charge in [0.1, 0.15) is 10.9 Å². The fourth-order valence-corrected chi connectivity index (χ4v) is 4.13. The molecule has 0 bridgehead atoms. The van der Waals surface area contributed by atoms with Crippen molar-refractivity contribution < 1.29 is 17.9 Å². The third-order valence-corrected chi connectivity index (χ3v) is 6.13. The predicted molar refractivity (Wildman–Crippen MR) is 79.6 cm³/mol. The summed E-state index contributed by atoms with van der Waals surface area (Å²) in [5.41, 5.74) is 1.79. The molecule has 6 heteroatoms. The minimum atomic E-state index is -3.33. The molecule has 0 radical (unpaired) electrons. The second kappa shape index (κ2) is 5.68. The molecule has 0 spiro atoms. The number of nitrogens with one attached hydrogen (secondary N) is 1. The first-order chi connectivity index (χ1) is 10.1. The zero-order valence-electron chi connectivity index (χ0n) is 12.2. The Morgan fingerprint density at radius 3 is 2.76 bits per heavy atom. The summed E-state index contributed by atoms with van der Waals surface area (Å²) in [4.78, 5) is 0. The van der Waals surface area contributed by atoms with Crippen molar-refractivity contribution in [1.29, 1.82) is 0 Å². The quantitative estimate of drug-likeness (QED) is 0.887. The molecule has 3 rings (SSSR count). The van der Waals surface area contributed by atoms with E-state index in [4.69, 9.17) is 9.47 Å². The highest BCUT2D eigenvalue weighted by Gasteiger charge is 2.39. The molecule has 21 heavy (non-hydrogen) atoms. The number of benzene rings is 1. The standard InChI is InChI=1S/C15H21NO4S/c1-2-15(11-16-21(17,18)13-9-19-10-13)14-6-4-3-5-12(14)7-8-20-15/h3-6,13,16H,2,7-11H2,1H3/t15-/m0/s1. The van der Waals surface area contributed by atoms with Gasteiger partial charge in [0.15, 0.2) is 0 Å². The molecule has 5 nitrogen and oxygen atoms in total. The van der Waals surface area contributed by atoms with E-state index < -0.39 is 20.9 Å². The molecule has 1 fully saturated rings. The van der Waals surface area contributed by atoms with Crippen LogP contribution in [0, 0.1) is 0 Å². The Labute approximate surface area is 125 Å². The molecule has 0 unspecified atom stereocenters. The van der Waals surface area contributed by atoms with Crippen molar-refractivity contribution >= 4 is 10.0 Å². The first-order valence-corrected chi connectivity index (χ1v) is 8.90. The van der Waals surface area contributed by atoms with E-state index in [0.717, 1.165) is 18.4 Å². The van der Waals surface area contributed by atoms with E-state index in [1.54, 1.807) is 0 Å². The fraction of sp³-hybridized carbons (Fsp3) is 0.600. The van der Waals surface area contributed by atoms with Crippen LogP contribution in [0.15, 0.2) is 24.3 Å². The van der Waals surface area contributed by atoms with Crippen LogP contribution in [0.25, 0.3) is 0 Å². The van der Waals surface area contributed by atoms with Crippen LogP contribution in [-0.4, -0.2) is 40.0 Å². The van der Waals surface area contributed by atoms with Crippen LogP contribution in [0.4, 0.5) is 0 Å². The topological polar surface area (TPSA) is 64.6 Å². The normalized spacial score (nSPS) is 26.1. The fourth-order valence-electron chi connectivity index (χ4n) is 2.91. The Balaban J connectivity index is 1.82. The van der Waals surface area contributed by atoms with Gasteiger partial charge in [-0.1, -0.05) is 31.2 Å². The summed E-state index contributed by atoms with van der Waals surface area (Å²) in [6.45, 7) is 3.50. The summed E-state index contributed by atoms with van der Waals surface area (Å²) < 4.78 is 38.1. The second-order valence-electron chi connectivity index (χ2n) is 5.63. The largest absolute Gasteiger partial charge is 0.378 e. The average Bonchev–Trinajstić information content (AvgIpc) is 2.43. The zero-order valence-corrected chi connectivity index (χ0v) is 13.0. The number of fused-ring (bicyclic) bond motifs is 1. The smallest absolute Gasteiger partial charge is 0.219 e. The molecule has 1 N–H and O–H groups in total. The monoisotopic (exact) mass is 311 g/mol. The van der Waals surface area contributed by atoms with E-state index in [2.05, 4.69) is 10.8 Å². The van der Waals surface area contributed by atoms with Crippen LogP contribution in [0.3, 0.4) is 0 Å². The minimum absolute atomic E-state index is 0.277. The summed E-state index contributed by atoms with van der Waals surface area (Å²) in [6.07, 6.45) is 1.61. The van der Waals surface area contributed by atoms with Gasteiger partial charge in [0.25, 0.3) is 0 Å². The van der Waals surface area contributed by atoms with Crippen molar-refractivity contribution in [3.8, 4) is 0 Å². The molecular weight excluding hydrogens is 290 g/mol. The molecule has 0 aromatic heterocycles. The molecule has 0 amide bonds. The number of ether oxygens (including phenoxy) is 2. The highest BCUT2D eigenvalue weighted by Crippen LogP contribution is 2.35. The van der Waals surface area contributed by atoms with Crippen molar-refractivity contribution in [2.24, 2.45) is 0 Å². The highest BCUT2D eigenvalue weighted by molar-refractivity contribution is 7.90. The van der Waals surface area contributed by atoms with Gasteiger partial charge in [-0.3, -0.25) is 0 Å². The Kier molecular flexibility index (Phi) is 4.05. The van der Waals surface area contributed by atoms with E-state index >= 15 is 0 Å². The highest BCUT2D eigenvalue weighted by atomic mass is 32.2. The number of sulfonamides is 1. The lowest BCUT2D eigenvalue weighted by atomic mass is 9.84. The van der Waals surface area contributed by atoms with Gasteiger partial charge >= 0.3 is 0 Å². The maximum absolute atomic E-state index is 12.2. The molecule has 2 heterocycles. The van der Waals surface area contributed by atoms with Gasteiger partial charge < -0.3 is 9.47 Å². The van der Waals surface area contributed by atoms with Crippen molar-refractivity contribution in [2.75, 3.05) is 26.4 Å². The van der Waals surface area contributed by atoms with E-state index in [1.807, 2.05) is 25.1 Å². The molecule has 1 saturated heterocycles. The summed E-state index contributed by atoms with van der Waals surface area (Å²) >= 11 is 0. The van der Waals surface area contributed by atoms with Gasteiger partial charge in [-0.25, -0.2) is 13.1 Å². The van der Waals surface area contributed by atoms with Gasteiger partial charge in [-0.05, 0) is 24.0 Å². The number of hydrogen-bond donors (Lipinski definition) is 1. The van der Waals surface area contributed by atoms with Crippen LogP contribution < -0.4 is 4.72 Å². The molecular formula is C15H21NO4S. The molecule has 2 aliphatic heterocycles. The van der Waals surface area contributed by atoms with Crippen molar-refractivity contribution in [3.05, 3.63) is 35.4 Å². The van der Waals surface area contributed by atoms with Gasteiger partial charge in [0.2, 0.25) is 10.0 Å². The Morgan fingerprint density at radius 1 is 1.33 bits per heavy atom. The second-order valence-corrected chi connectivity index (χ2v) is 7.67. The Morgan fingerprint density at radius 2 is 2.10 bits per heavy atom. The lowest BCUT2D eigenvalue weighted by Gasteiger charge is -2.39. The minimum Gasteiger partial charge on any atom is -0.378 e. The SMILES string of the molecule is CC[C@@]1(CNS(=O)(=O)C2COC2)OCCc2ccccc21. The van der Waals surface area contributed by atoms with Crippen LogP contribution >= 0.6 is 0 Å². The van der Waals surface area contributed by atoms with Gasteiger partial charge in [-0.2, -0.15) is 0 Å². The summed E-state index contributed by atoms with van der Waals surface area (Å²) in [5.74, 6) is 0. The van der Waals surface area contributed by atoms with E-state index in [9.17, 15) is 8.42 Å². The molecule has 0 saturated carbocycles. The van der Waals surface area contributed by atoms with Crippen LogP contribution in [0.5, 0.6) is 0 Å². The van der Waals surface area contributed by atoms with Gasteiger partial charge in [-0.15, -0.1) is 0 Å². The van der Waals surface area contributed by atoms with E-state index in [0.29, 0.717) is 6.61 Å². The van der Waals surface area contributed by atoms with Gasteiger partial charge in [0.05, 0.1) is 19.8 Å². The summed E-state index contributed by atoms with van der Waals surface area (Å²) in [6, 6.07) is 8.13. The molecule has 116 valence electrons. The first kappa shape index (κ1) is 15.0. The van der Waals surface area contributed by atoms with Gasteiger partial charge in [0, 0.05) is 6.54 Å². The van der Waals surface area contributed by atoms with Crippen molar-refractivity contribution in [2.45, 2.75) is 30.6 Å². The maximum Gasteiger partial charge on any atom is 0.219 e. The van der Waals surface area contributed by atoms with Crippen molar-refractivity contribution in [3.63, 3.8) is 0 Å². The van der Waals surface area contributed by atoms with Crippen LogP contribution in [0.2, 0.25) is 0 Å². The van der Waals surface area contributed by atoms with Crippen LogP contribution in [-0.2, 0) is 31.5 Å².